The first-order valence-corrected chi connectivity index (χ1v) is 29.5. The lowest BCUT2D eigenvalue weighted by molar-refractivity contribution is 0.629. The second-order valence-corrected chi connectivity index (χ2v) is 24.5. The van der Waals surface area contributed by atoms with Crippen LogP contribution in [0.3, 0.4) is 0 Å². The molecule has 14 aromatic rings. The first-order chi connectivity index (χ1) is 40.6. The molecule has 390 valence electrons. The zero-order valence-electron chi connectivity index (χ0n) is 47.6. The van der Waals surface area contributed by atoms with Crippen molar-refractivity contribution in [1.82, 2.24) is 0 Å². The van der Waals surface area contributed by atoms with Crippen LogP contribution in [0.1, 0.15) is 41.7 Å². The highest BCUT2D eigenvalue weighted by Crippen LogP contribution is 2.64. The Kier molecular flexibility index (Phi) is 10.1. The molecule has 14 aromatic carbocycles. The van der Waals surface area contributed by atoms with Crippen molar-refractivity contribution >= 4 is 70.2 Å². The Morgan fingerprint density at radius 2 is 0.627 bits per heavy atom. The van der Waals surface area contributed by atoms with E-state index in [1.807, 2.05) is 0 Å². The monoisotopic (exact) mass is 1050 g/mol. The molecule has 0 fully saturated rings. The van der Waals surface area contributed by atoms with Gasteiger partial charge >= 0.3 is 0 Å². The third-order valence-corrected chi connectivity index (χ3v) is 18.9. The van der Waals surface area contributed by atoms with Gasteiger partial charge in [0.15, 0.2) is 0 Å². The Balaban J connectivity index is 0.989. The van der Waals surface area contributed by atoms with Gasteiger partial charge < -0.3 is 0 Å². The predicted molar refractivity (Wildman–Crippen MR) is 358 cm³/mol. The lowest BCUT2D eigenvalue weighted by Gasteiger charge is -2.23. The molecule has 0 atom stereocenters. The minimum Gasteiger partial charge on any atom is -0.0751 e. The van der Waals surface area contributed by atoms with Crippen LogP contribution >= 0.6 is 0 Å². The summed E-state index contributed by atoms with van der Waals surface area (Å²) in [4.78, 5) is 0. The van der Waals surface area contributed by atoms with E-state index in [1.54, 1.807) is 0 Å². The van der Waals surface area contributed by atoms with E-state index in [4.69, 9.17) is 0 Å². The van der Waals surface area contributed by atoms with Gasteiger partial charge in [-0.05, 0) is 215 Å². The summed E-state index contributed by atoms with van der Waals surface area (Å²) in [7, 11) is 0. The molecule has 0 radical (unpaired) electrons. The number of aryl methyl sites for hydroxylation is 4. The molecule has 3 aliphatic rings. The molecule has 0 bridgehead atoms. The minimum atomic E-state index is -0.110. The van der Waals surface area contributed by atoms with Crippen LogP contribution in [0.25, 0.3) is 170 Å². The molecule has 0 spiro atoms. The lowest BCUT2D eigenvalue weighted by atomic mass is 9.79. The van der Waals surface area contributed by atoms with Crippen LogP contribution in [0.2, 0.25) is 0 Å². The predicted octanol–water partition coefficient (Wildman–Crippen LogP) is 23.4. The van der Waals surface area contributed by atoms with Crippen molar-refractivity contribution in [2.45, 2.75) is 41.5 Å². The first-order valence-electron chi connectivity index (χ1n) is 29.5. The van der Waals surface area contributed by atoms with Crippen LogP contribution in [-0.4, -0.2) is 0 Å². The van der Waals surface area contributed by atoms with Crippen molar-refractivity contribution in [3.8, 4) is 100 Å². The summed E-state index contributed by atoms with van der Waals surface area (Å²) in [6, 6.07) is 81.6. The van der Waals surface area contributed by atoms with Crippen LogP contribution < -0.4 is 0 Å². The van der Waals surface area contributed by atoms with E-state index in [0.29, 0.717) is 0 Å². The third kappa shape index (κ3) is 6.75. The van der Waals surface area contributed by atoms with Crippen molar-refractivity contribution < 1.29 is 0 Å². The Morgan fingerprint density at radius 1 is 0.265 bits per heavy atom. The summed E-state index contributed by atoms with van der Waals surface area (Å²) in [5, 5.41) is 15.7. The minimum absolute atomic E-state index is 0.110. The molecule has 0 saturated heterocycles. The quantitative estimate of drug-likeness (QED) is 0.115. The van der Waals surface area contributed by atoms with Crippen molar-refractivity contribution in [2.24, 2.45) is 5.41 Å². The smallest absolute Gasteiger partial charge is 0.00167 e. The third-order valence-electron chi connectivity index (χ3n) is 18.9. The molecule has 0 amide bonds. The standard InChI is InChI=1S/C83H58/c1-47-31-33-53(49(3)44-47)71-59-27-14-16-29-61(59)75(57-25-12-10-23-55(57)51-20-8-7-9-21-51)81-69-41-37-65-66-38-42-70-78-68(40-36-64(74(66)78)63-35-39-67(79(71)81)77(69)73(63)65)80-72(54-34-32-48(2)45-50(54)4)60-28-15-17-30-62(60)76(82(70)80)58-26-13-11-24-56(58)52-22-18-19-43-83(5,6)46-52/h7-46H,1-6H3. The number of benzene rings is 14. The van der Waals surface area contributed by atoms with Gasteiger partial charge in [0.1, 0.15) is 0 Å². The Hall–Kier alpha value is -9.88. The van der Waals surface area contributed by atoms with Crippen molar-refractivity contribution in [3.05, 3.63) is 271 Å². The highest BCUT2D eigenvalue weighted by molar-refractivity contribution is 6.42. The summed E-state index contributed by atoms with van der Waals surface area (Å²) in [6.07, 6.45) is 11.5. The van der Waals surface area contributed by atoms with Gasteiger partial charge in [0.2, 0.25) is 0 Å². The Morgan fingerprint density at radius 3 is 1.06 bits per heavy atom. The van der Waals surface area contributed by atoms with Crippen LogP contribution in [-0.2, 0) is 0 Å². The highest BCUT2D eigenvalue weighted by atomic mass is 14.4. The number of fused-ring (bicyclic) bond motifs is 10. The second kappa shape index (κ2) is 17.6. The molecule has 0 unspecified atom stereocenters. The molecule has 0 heterocycles. The molecule has 83 heavy (non-hydrogen) atoms. The number of hydrogen-bond acceptors (Lipinski definition) is 0. The van der Waals surface area contributed by atoms with Crippen LogP contribution in [0, 0.1) is 33.1 Å². The molecular weight excluding hydrogens is 997 g/mol. The second-order valence-electron chi connectivity index (χ2n) is 24.5. The summed E-state index contributed by atoms with van der Waals surface area (Å²) < 4.78 is 0. The zero-order valence-corrected chi connectivity index (χ0v) is 47.6. The average Bonchev–Trinajstić information content (AvgIpc) is 2.67. The van der Waals surface area contributed by atoms with Crippen molar-refractivity contribution in [3.63, 3.8) is 0 Å². The summed E-state index contributed by atoms with van der Waals surface area (Å²) >= 11 is 0. The summed E-state index contributed by atoms with van der Waals surface area (Å²) in [5.41, 5.74) is 30.8. The first kappa shape index (κ1) is 47.9. The van der Waals surface area contributed by atoms with E-state index in [1.165, 1.54) is 198 Å². The largest absolute Gasteiger partial charge is 0.0751 e. The number of allylic oxidation sites excluding steroid dienone is 6. The van der Waals surface area contributed by atoms with E-state index in [2.05, 4.69) is 284 Å². The van der Waals surface area contributed by atoms with E-state index in [9.17, 15) is 0 Å². The molecule has 0 aromatic heterocycles. The van der Waals surface area contributed by atoms with Gasteiger partial charge in [-0.2, -0.15) is 0 Å². The molecule has 0 nitrogen and oxygen atoms in total. The number of rotatable bonds is 6. The maximum atomic E-state index is 2.49. The fourth-order valence-electron chi connectivity index (χ4n) is 15.6. The fraction of sp³-hybridized carbons (Fsp3) is 0.0843. The average molecular weight is 1060 g/mol. The van der Waals surface area contributed by atoms with Gasteiger partial charge in [-0.1, -0.05) is 268 Å². The van der Waals surface area contributed by atoms with Crippen LogP contribution in [0.5, 0.6) is 0 Å². The molecule has 3 aliphatic carbocycles. The molecular formula is C83H58. The van der Waals surface area contributed by atoms with Crippen LogP contribution in [0.4, 0.5) is 0 Å². The van der Waals surface area contributed by atoms with E-state index < -0.39 is 0 Å². The molecule has 0 N–H and O–H groups in total. The lowest BCUT2D eigenvalue weighted by Crippen LogP contribution is -2.03. The number of hydrogen-bond donors (Lipinski definition) is 0. The maximum Gasteiger partial charge on any atom is 0.00167 e. The van der Waals surface area contributed by atoms with Gasteiger partial charge in [-0.25, -0.2) is 0 Å². The molecule has 0 heteroatoms. The highest BCUT2D eigenvalue weighted by Gasteiger charge is 2.36. The van der Waals surface area contributed by atoms with Gasteiger partial charge in [-0.15, -0.1) is 0 Å². The van der Waals surface area contributed by atoms with Gasteiger partial charge in [0, 0.05) is 5.41 Å². The fourth-order valence-corrected chi connectivity index (χ4v) is 15.6. The molecule has 0 aliphatic heterocycles. The SMILES string of the molecule is Cc1ccc(-c2c3c(c(-c4ccccc4C4=CC(C)(C)C=CC=C4)c4ccccc24)-c2ccc4c5ccc6c7c(ccc(c8ccc-3c2c84)c75)-c2c-6c(-c3ccccc3-c3ccccc3)c3ccccc3c2-c2ccc(C)cc2C)c(C)c1. The molecule has 17 rings (SSSR count). The topological polar surface area (TPSA) is 0 Å². The summed E-state index contributed by atoms with van der Waals surface area (Å²) in [6.45, 7) is 13.6. The Labute approximate surface area is 485 Å². The maximum absolute atomic E-state index is 2.49. The summed E-state index contributed by atoms with van der Waals surface area (Å²) in [5.74, 6) is 0. The van der Waals surface area contributed by atoms with E-state index in [-0.39, 0.29) is 5.41 Å². The van der Waals surface area contributed by atoms with Crippen LogP contribution in [0.15, 0.2) is 243 Å². The Bertz CT molecular complexity index is 5280. The van der Waals surface area contributed by atoms with Gasteiger partial charge in [0.25, 0.3) is 0 Å². The molecule has 0 saturated carbocycles. The van der Waals surface area contributed by atoms with E-state index >= 15 is 0 Å². The normalized spacial score (nSPS) is 13.7. The van der Waals surface area contributed by atoms with Crippen molar-refractivity contribution in [1.29, 1.82) is 0 Å². The van der Waals surface area contributed by atoms with Gasteiger partial charge in [0.05, 0.1) is 0 Å². The van der Waals surface area contributed by atoms with E-state index in [0.717, 1.165) is 0 Å². The zero-order chi connectivity index (χ0) is 55.6. The van der Waals surface area contributed by atoms with Crippen molar-refractivity contribution in [2.75, 3.05) is 0 Å². The van der Waals surface area contributed by atoms with Gasteiger partial charge in [-0.3, -0.25) is 0 Å².